The summed E-state index contributed by atoms with van der Waals surface area (Å²) in [7, 11) is 0. The van der Waals surface area contributed by atoms with Gasteiger partial charge in [0.15, 0.2) is 5.78 Å². The Bertz CT molecular complexity index is 989. The monoisotopic (exact) mass is 476 g/mol. The Kier molecular flexibility index (Phi) is 11.6. The lowest BCUT2D eigenvalue weighted by Crippen LogP contribution is -2.30. The van der Waals surface area contributed by atoms with E-state index in [1.807, 2.05) is 32.0 Å². The van der Waals surface area contributed by atoms with Crippen LogP contribution < -0.4 is 0 Å². The summed E-state index contributed by atoms with van der Waals surface area (Å²) in [5.74, 6) is 0.595. The normalized spacial score (nSPS) is 16.5. The summed E-state index contributed by atoms with van der Waals surface area (Å²) in [6.45, 7) is 12.0. The van der Waals surface area contributed by atoms with Gasteiger partial charge in [-0.15, -0.1) is 0 Å². The largest absolute Gasteiger partial charge is 0.300 e. The van der Waals surface area contributed by atoms with Crippen LogP contribution in [0.4, 0.5) is 0 Å². The average Bonchev–Trinajstić information content (AvgIpc) is 2.80. The third kappa shape index (κ3) is 7.72. The highest BCUT2D eigenvalue weighted by atomic mass is 16.1. The maximum Gasteiger partial charge on any atom is 0.163 e. The average molecular weight is 477 g/mol. The molecular formula is C32H44O3. The summed E-state index contributed by atoms with van der Waals surface area (Å²) in [6.07, 6.45) is 6.27. The molecule has 0 amide bonds. The summed E-state index contributed by atoms with van der Waals surface area (Å²) >= 11 is 0. The molecule has 0 saturated carbocycles. The molecule has 0 heterocycles. The van der Waals surface area contributed by atoms with Crippen LogP contribution in [-0.4, -0.2) is 17.3 Å². The van der Waals surface area contributed by atoms with Gasteiger partial charge in [-0.2, -0.15) is 0 Å². The Morgan fingerprint density at radius 2 is 1.63 bits per heavy atom. The van der Waals surface area contributed by atoms with Crippen LogP contribution in [0.1, 0.15) is 101 Å². The van der Waals surface area contributed by atoms with Gasteiger partial charge in [0.05, 0.1) is 6.42 Å². The molecule has 35 heavy (non-hydrogen) atoms. The first-order chi connectivity index (χ1) is 16.8. The molecule has 3 atom stereocenters. The van der Waals surface area contributed by atoms with Gasteiger partial charge in [-0.1, -0.05) is 89.4 Å². The first-order valence-corrected chi connectivity index (χ1v) is 13.5. The second kappa shape index (κ2) is 14.1. The summed E-state index contributed by atoms with van der Waals surface area (Å²) in [4.78, 5) is 37.6. The van der Waals surface area contributed by atoms with Gasteiger partial charge in [0.2, 0.25) is 0 Å². The molecule has 0 spiro atoms. The van der Waals surface area contributed by atoms with Crippen molar-refractivity contribution in [2.75, 3.05) is 0 Å². The molecule has 2 aromatic carbocycles. The van der Waals surface area contributed by atoms with Crippen LogP contribution in [0.3, 0.4) is 0 Å². The molecule has 3 nitrogen and oxygen atoms in total. The molecule has 1 aliphatic rings. The zero-order valence-electron chi connectivity index (χ0n) is 22.7. The molecule has 1 aliphatic carbocycles. The van der Waals surface area contributed by atoms with Crippen molar-refractivity contribution in [2.24, 2.45) is 17.8 Å². The van der Waals surface area contributed by atoms with Crippen LogP contribution in [0.25, 0.3) is 11.1 Å². The van der Waals surface area contributed by atoms with E-state index in [9.17, 15) is 14.4 Å². The zero-order chi connectivity index (χ0) is 26.0. The molecular weight excluding hydrogens is 432 g/mol. The van der Waals surface area contributed by atoms with Crippen molar-refractivity contribution in [1.29, 1.82) is 0 Å². The quantitative estimate of drug-likeness (QED) is 0.325. The van der Waals surface area contributed by atoms with Crippen molar-refractivity contribution in [3.8, 4) is 11.1 Å². The Hall–Kier alpha value is -2.55. The van der Waals surface area contributed by atoms with Crippen LogP contribution in [0, 0.1) is 24.7 Å². The van der Waals surface area contributed by atoms with Crippen LogP contribution >= 0.6 is 0 Å². The number of rotatable bonds is 10. The first kappa shape index (κ1) is 28.7. The van der Waals surface area contributed by atoms with Gasteiger partial charge in [0.25, 0.3) is 0 Å². The van der Waals surface area contributed by atoms with E-state index in [4.69, 9.17) is 0 Å². The number of aryl methyl sites for hydroxylation is 1. The smallest absolute Gasteiger partial charge is 0.163 e. The van der Waals surface area contributed by atoms with Crippen molar-refractivity contribution in [1.82, 2.24) is 0 Å². The van der Waals surface area contributed by atoms with Crippen LogP contribution in [-0.2, 0) is 16.0 Å². The minimum atomic E-state index is -0.0959. The summed E-state index contributed by atoms with van der Waals surface area (Å²) < 4.78 is 0. The molecule has 0 aliphatic heterocycles. The molecule has 0 saturated heterocycles. The standard InChI is InChI=1S/C29H36O3.C3H8/c1-5-10-23(24(6-2)27(31)15-20(4)30)16-21-17-26-25(22-11-8-7-9-12-22)14-13-19(3)29(26)28(32)18-21;1-3-2/h7-9,11-14,21,23-24H,5-6,10,15-18H2,1-4H3;3H2,1-2H3. The minimum absolute atomic E-state index is 0.0303. The van der Waals surface area contributed by atoms with Crippen molar-refractivity contribution in [3.63, 3.8) is 0 Å². The van der Waals surface area contributed by atoms with Gasteiger partial charge < -0.3 is 0 Å². The number of carbonyl (C=O) groups excluding carboxylic acids is 3. The second-order valence-electron chi connectivity index (χ2n) is 10.2. The fourth-order valence-corrected chi connectivity index (χ4v) is 5.63. The molecule has 3 rings (SSSR count). The Labute approximate surface area is 212 Å². The third-order valence-electron chi connectivity index (χ3n) is 6.99. The predicted molar refractivity (Wildman–Crippen MR) is 146 cm³/mol. The van der Waals surface area contributed by atoms with E-state index in [2.05, 4.69) is 45.0 Å². The van der Waals surface area contributed by atoms with Gasteiger partial charge in [-0.05, 0) is 67.2 Å². The highest BCUT2D eigenvalue weighted by Gasteiger charge is 2.33. The van der Waals surface area contributed by atoms with Crippen LogP contribution in [0.2, 0.25) is 0 Å². The number of benzene rings is 2. The lowest BCUT2D eigenvalue weighted by atomic mass is 9.71. The summed E-state index contributed by atoms with van der Waals surface area (Å²) in [5.41, 5.74) is 5.41. The van der Waals surface area contributed by atoms with E-state index < -0.39 is 0 Å². The van der Waals surface area contributed by atoms with Crippen LogP contribution in [0.15, 0.2) is 42.5 Å². The first-order valence-electron chi connectivity index (χ1n) is 13.5. The lowest BCUT2D eigenvalue weighted by Gasteiger charge is -2.32. The fourth-order valence-electron chi connectivity index (χ4n) is 5.63. The van der Waals surface area contributed by atoms with E-state index in [-0.39, 0.29) is 41.5 Å². The van der Waals surface area contributed by atoms with Crippen molar-refractivity contribution in [3.05, 3.63) is 59.2 Å². The van der Waals surface area contributed by atoms with E-state index in [1.54, 1.807) is 0 Å². The molecule has 0 N–H and O–H groups in total. The molecule has 190 valence electrons. The predicted octanol–water partition coefficient (Wildman–Crippen LogP) is 8.20. The van der Waals surface area contributed by atoms with Crippen molar-refractivity contribution >= 4 is 17.3 Å². The second-order valence-corrected chi connectivity index (χ2v) is 10.2. The molecule has 0 bridgehead atoms. The van der Waals surface area contributed by atoms with Crippen LogP contribution in [0.5, 0.6) is 0 Å². The Morgan fingerprint density at radius 1 is 0.971 bits per heavy atom. The molecule has 0 radical (unpaired) electrons. The van der Waals surface area contributed by atoms with Gasteiger partial charge in [-0.25, -0.2) is 0 Å². The highest BCUT2D eigenvalue weighted by molar-refractivity contribution is 6.02. The number of fused-ring (bicyclic) bond motifs is 1. The van der Waals surface area contributed by atoms with Gasteiger partial charge >= 0.3 is 0 Å². The third-order valence-corrected chi connectivity index (χ3v) is 6.99. The van der Waals surface area contributed by atoms with E-state index in [0.717, 1.165) is 59.9 Å². The number of hydrogen-bond donors (Lipinski definition) is 0. The maximum atomic E-state index is 13.2. The number of Topliss-reactive ketones (excluding diaryl/α,β-unsaturated/α-hetero) is 3. The zero-order valence-corrected chi connectivity index (χ0v) is 22.7. The summed E-state index contributed by atoms with van der Waals surface area (Å²) in [5, 5.41) is 0. The van der Waals surface area contributed by atoms with E-state index >= 15 is 0 Å². The lowest BCUT2D eigenvalue weighted by molar-refractivity contribution is -0.129. The molecule has 3 heteroatoms. The van der Waals surface area contributed by atoms with E-state index in [1.165, 1.54) is 13.3 Å². The highest BCUT2D eigenvalue weighted by Crippen LogP contribution is 2.39. The van der Waals surface area contributed by atoms with Crippen molar-refractivity contribution < 1.29 is 14.4 Å². The topological polar surface area (TPSA) is 51.2 Å². The number of carbonyl (C=O) groups is 3. The molecule has 0 fully saturated rings. The SMILES string of the molecule is CCC.CCCC(CC1CC(=O)c2c(C)ccc(-c3ccccc3)c2C1)C(CC)C(=O)CC(C)=O. The summed E-state index contributed by atoms with van der Waals surface area (Å²) in [6, 6.07) is 14.5. The van der Waals surface area contributed by atoms with E-state index in [0.29, 0.717) is 6.42 Å². The molecule has 0 aromatic heterocycles. The van der Waals surface area contributed by atoms with Gasteiger partial charge in [0.1, 0.15) is 11.6 Å². The van der Waals surface area contributed by atoms with Gasteiger partial charge in [0, 0.05) is 17.9 Å². The maximum absolute atomic E-state index is 13.2. The molecule has 2 aromatic rings. The fraction of sp³-hybridized carbons (Fsp3) is 0.531. The van der Waals surface area contributed by atoms with Crippen molar-refractivity contribution in [2.45, 2.75) is 92.9 Å². The number of ketones is 3. The minimum Gasteiger partial charge on any atom is -0.300 e. The Morgan fingerprint density at radius 3 is 2.20 bits per heavy atom. The Balaban J connectivity index is 0.00000137. The number of hydrogen-bond acceptors (Lipinski definition) is 3. The van der Waals surface area contributed by atoms with Gasteiger partial charge in [-0.3, -0.25) is 14.4 Å². The molecule has 3 unspecified atom stereocenters.